The monoisotopic (exact) mass is 995 g/mol. The molecule has 0 heterocycles. The molecule has 0 unspecified atom stereocenters. The Balaban J connectivity index is 0.000000240. The first-order valence-electron chi connectivity index (χ1n) is 26.8. The van der Waals surface area contributed by atoms with Crippen molar-refractivity contribution in [3.05, 3.63) is 307 Å². The van der Waals surface area contributed by atoms with Crippen molar-refractivity contribution in [1.82, 2.24) is 0 Å². The zero-order chi connectivity index (χ0) is 55.3. The van der Waals surface area contributed by atoms with Crippen molar-refractivity contribution in [3.63, 3.8) is 0 Å². The van der Waals surface area contributed by atoms with E-state index in [1.165, 1.54) is 101 Å². The molecular formula is C74H90O. The Morgan fingerprint density at radius 2 is 0.533 bits per heavy atom. The van der Waals surface area contributed by atoms with E-state index < -0.39 is 0 Å². The molecule has 1 heteroatoms. The van der Waals surface area contributed by atoms with Crippen LogP contribution in [-0.4, -0.2) is 0 Å². The molecule has 1 nitrogen and oxygen atoms in total. The van der Waals surface area contributed by atoms with E-state index in [1.54, 1.807) is 0 Å². The second kappa shape index (κ2) is 32.9. The fourth-order valence-corrected chi connectivity index (χ4v) is 7.45. The maximum atomic E-state index is 5.69. The highest BCUT2D eigenvalue weighted by Crippen LogP contribution is 2.31. The minimum atomic E-state index is 0.0708. The van der Waals surface area contributed by atoms with E-state index in [-0.39, 0.29) is 5.41 Å². The maximum Gasteiger partial charge on any atom is 0.127 e. The largest absolute Gasteiger partial charge is 0.457 e. The van der Waals surface area contributed by atoms with E-state index in [9.17, 15) is 0 Å². The lowest BCUT2D eigenvalue weighted by molar-refractivity contribution is 0.482. The van der Waals surface area contributed by atoms with Gasteiger partial charge in [0.1, 0.15) is 11.5 Å². The Bertz CT molecular complexity index is 2650. The summed E-state index contributed by atoms with van der Waals surface area (Å²) in [5.74, 6) is 1.76. The fourth-order valence-electron chi connectivity index (χ4n) is 7.45. The van der Waals surface area contributed by atoms with Gasteiger partial charge in [-0.2, -0.15) is 0 Å². The molecule has 0 saturated heterocycles. The first-order valence-corrected chi connectivity index (χ1v) is 26.8. The van der Waals surface area contributed by atoms with E-state index in [1.807, 2.05) is 48.5 Å². The lowest BCUT2D eigenvalue weighted by atomic mass is 9.78. The van der Waals surface area contributed by atoms with Crippen molar-refractivity contribution in [2.24, 2.45) is 0 Å². The Labute approximate surface area is 456 Å². The third kappa shape index (κ3) is 24.6. The third-order valence-corrected chi connectivity index (χ3v) is 12.7. The molecule has 9 rings (SSSR count). The highest BCUT2D eigenvalue weighted by molar-refractivity contribution is 5.40. The summed E-state index contributed by atoms with van der Waals surface area (Å²) in [6.07, 6.45) is 2.28. The van der Waals surface area contributed by atoms with Crippen LogP contribution in [-0.2, 0) is 11.8 Å². The van der Waals surface area contributed by atoms with E-state index in [4.69, 9.17) is 4.74 Å². The maximum absolute atomic E-state index is 5.69. The van der Waals surface area contributed by atoms with Gasteiger partial charge in [-0.05, 0) is 160 Å². The molecule has 0 bridgehead atoms. The van der Waals surface area contributed by atoms with Crippen LogP contribution in [0, 0.1) is 90.0 Å². The highest BCUT2D eigenvalue weighted by Gasteiger charge is 2.22. The summed E-state index contributed by atoms with van der Waals surface area (Å²) >= 11 is 0. The molecule has 392 valence electrons. The van der Waals surface area contributed by atoms with E-state index in [2.05, 4.69) is 281 Å². The second-order valence-electron chi connectivity index (χ2n) is 20.8. The third-order valence-electron chi connectivity index (χ3n) is 12.7. The summed E-state index contributed by atoms with van der Waals surface area (Å²) in [6, 6.07) is 74.6. The minimum Gasteiger partial charge on any atom is -0.457 e. The van der Waals surface area contributed by atoms with Crippen LogP contribution in [0.3, 0.4) is 0 Å². The molecule has 0 spiro atoms. The van der Waals surface area contributed by atoms with Gasteiger partial charge in [0.2, 0.25) is 0 Å². The van der Waals surface area contributed by atoms with Crippen molar-refractivity contribution >= 4 is 0 Å². The smallest absolute Gasteiger partial charge is 0.127 e. The zero-order valence-corrected chi connectivity index (χ0v) is 49.0. The zero-order valence-electron chi connectivity index (χ0n) is 49.0. The van der Waals surface area contributed by atoms with Gasteiger partial charge in [0.15, 0.2) is 0 Å². The molecule has 0 saturated carbocycles. The van der Waals surface area contributed by atoms with Gasteiger partial charge in [0.25, 0.3) is 0 Å². The standard InChI is InChI=1S/C17H20.C15H16.C14H14O.C9H12.2C8H10.C3H8/c1-13-5-9-15(10-6-13)17(3,4)16-11-7-14(2)8-12-16;1-12-3-7-14(8-4-12)11-15-9-5-13(2)6-10-15;1-11-3-7-13(8-4-11)15-14-9-5-12(2)6-10-14;1-7-5-4-6-8(2)9(7)3;1-7-3-5-8(2)6-4-7;1-7-4-3-5-8(2)6-7;1-3-2/h5-12H,1-4H3;3-10H,11H2,1-2H3;3-10H,1-2H3;4-6H,1-3H3;2*3-6H,1-2H3;3H2,1-2H3. The molecule has 9 aromatic rings. The number of aryl methyl sites for hydroxylation is 12. The van der Waals surface area contributed by atoms with Gasteiger partial charge in [-0.3, -0.25) is 0 Å². The molecule has 0 N–H and O–H groups in total. The molecule has 9 aromatic carbocycles. The normalized spacial score (nSPS) is 10.0. The SMILES string of the molecule is CCC.Cc1ccc(C(C)(C)c2ccc(C)cc2)cc1.Cc1ccc(C)cc1.Cc1ccc(Cc2ccc(C)cc2)cc1.Cc1ccc(Oc2ccc(C)cc2)cc1.Cc1cccc(C)c1.Cc1cccc(C)c1C. The first kappa shape index (κ1) is 62.1. The van der Waals surface area contributed by atoms with Gasteiger partial charge < -0.3 is 4.74 Å². The lowest BCUT2D eigenvalue weighted by Gasteiger charge is -2.26. The molecule has 0 atom stereocenters. The summed E-state index contributed by atoms with van der Waals surface area (Å²) in [4.78, 5) is 0. The highest BCUT2D eigenvalue weighted by atomic mass is 16.5. The van der Waals surface area contributed by atoms with Crippen molar-refractivity contribution in [3.8, 4) is 11.5 Å². The van der Waals surface area contributed by atoms with E-state index in [0.717, 1.165) is 17.9 Å². The quantitative estimate of drug-likeness (QED) is 0.161. The molecule has 0 aromatic heterocycles. The summed E-state index contributed by atoms with van der Waals surface area (Å²) in [7, 11) is 0. The summed E-state index contributed by atoms with van der Waals surface area (Å²) < 4.78 is 5.69. The van der Waals surface area contributed by atoms with Crippen LogP contribution >= 0.6 is 0 Å². The van der Waals surface area contributed by atoms with E-state index >= 15 is 0 Å². The predicted molar refractivity (Wildman–Crippen MR) is 331 cm³/mol. The first-order chi connectivity index (χ1) is 35.7. The van der Waals surface area contributed by atoms with Gasteiger partial charge >= 0.3 is 0 Å². The van der Waals surface area contributed by atoms with Crippen LogP contribution in [0.2, 0.25) is 0 Å². The molecule has 0 aliphatic carbocycles. The van der Waals surface area contributed by atoms with Crippen molar-refractivity contribution in [1.29, 1.82) is 0 Å². The molecule has 0 aliphatic heterocycles. The Morgan fingerprint density at radius 3 is 0.787 bits per heavy atom. The number of hydrogen-bond acceptors (Lipinski definition) is 1. The van der Waals surface area contributed by atoms with Gasteiger partial charge in [-0.25, -0.2) is 0 Å². The minimum absolute atomic E-state index is 0.0708. The molecular weight excluding hydrogens is 905 g/mol. The van der Waals surface area contributed by atoms with Crippen molar-refractivity contribution < 1.29 is 4.74 Å². The number of rotatable bonds is 6. The van der Waals surface area contributed by atoms with Crippen LogP contribution in [0.15, 0.2) is 212 Å². The van der Waals surface area contributed by atoms with Gasteiger partial charge in [-0.15, -0.1) is 0 Å². The second-order valence-corrected chi connectivity index (χ2v) is 20.8. The molecule has 75 heavy (non-hydrogen) atoms. The average molecular weight is 996 g/mol. The number of hydrogen-bond donors (Lipinski definition) is 0. The molecule has 0 amide bonds. The van der Waals surface area contributed by atoms with Gasteiger partial charge in [0, 0.05) is 5.41 Å². The van der Waals surface area contributed by atoms with Crippen molar-refractivity contribution in [2.45, 2.75) is 136 Å². The van der Waals surface area contributed by atoms with Crippen LogP contribution in [0.1, 0.15) is 129 Å². The van der Waals surface area contributed by atoms with Crippen LogP contribution in [0.4, 0.5) is 0 Å². The predicted octanol–water partition coefficient (Wildman–Crippen LogP) is 21.3. The topological polar surface area (TPSA) is 9.23 Å². The molecule has 0 fully saturated rings. The Hall–Kier alpha value is -7.22. The van der Waals surface area contributed by atoms with Crippen molar-refractivity contribution in [2.75, 3.05) is 0 Å². The van der Waals surface area contributed by atoms with Crippen LogP contribution in [0.5, 0.6) is 11.5 Å². The number of ether oxygens (including phenoxy) is 1. The number of benzene rings is 9. The summed E-state index contributed by atoms with van der Waals surface area (Å²) in [5.41, 5.74) is 22.8. The summed E-state index contributed by atoms with van der Waals surface area (Å²) in [6.45, 7) is 36.3. The fraction of sp³-hybridized carbons (Fsp3) is 0.270. The van der Waals surface area contributed by atoms with Crippen LogP contribution < -0.4 is 4.74 Å². The van der Waals surface area contributed by atoms with Crippen LogP contribution in [0.25, 0.3) is 0 Å². The van der Waals surface area contributed by atoms with Gasteiger partial charge in [0.05, 0.1) is 0 Å². The van der Waals surface area contributed by atoms with Gasteiger partial charge in [-0.1, -0.05) is 278 Å². The van der Waals surface area contributed by atoms with E-state index in [0.29, 0.717) is 0 Å². The molecule has 0 radical (unpaired) electrons. The summed E-state index contributed by atoms with van der Waals surface area (Å²) in [5, 5.41) is 0. The Morgan fingerprint density at radius 1 is 0.293 bits per heavy atom. The lowest BCUT2D eigenvalue weighted by Crippen LogP contribution is -2.18. The average Bonchev–Trinajstić information content (AvgIpc) is 3.38. The Kier molecular flexibility index (Phi) is 27.2. The molecule has 0 aliphatic rings.